The molecular weight excluding hydrogens is 212 g/mol. The number of hydrogen-bond donors (Lipinski definition) is 2. The van der Waals surface area contributed by atoms with Gasteiger partial charge in [-0.15, -0.1) is 0 Å². The number of fused-ring (bicyclic) bond motifs is 1. The Hall–Kier alpha value is -1.54. The number of aryl methyl sites for hydroxylation is 2. The molecule has 2 heteroatoms. The van der Waals surface area contributed by atoms with E-state index in [0.29, 0.717) is 5.75 Å². The molecule has 0 heterocycles. The van der Waals surface area contributed by atoms with E-state index < -0.39 is 0 Å². The van der Waals surface area contributed by atoms with Crippen LogP contribution in [0.5, 0.6) is 5.75 Å². The van der Waals surface area contributed by atoms with Gasteiger partial charge in [0.05, 0.1) is 0 Å². The zero-order chi connectivity index (χ0) is 12.6. The predicted octanol–water partition coefficient (Wildman–Crippen LogP) is 3.26. The summed E-state index contributed by atoms with van der Waals surface area (Å²) in [6.45, 7) is 6.07. The Morgan fingerprint density at radius 2 is 1.76 bits per heavy atom. The molecule has 0 amide bonds. The van der Waals surface area contributed by atoms with Gasteiger partial charge in [0.25, 0.3) is 0 Å². The summed E-state index contributed by atoms with van der Waals surface area (Å²) in [4.78, 5) is 0. The van der Waals surface area contributed by atoms with Crippen LogP contribution in [0.1, 0.15) is 29.5 Å². The van der Waals surface area contributed by atoms with Gasteiger partial charge in [-0.3, -0.25) is 0 Å². The SMILES string of the molecule is Cc1cc2c(C(C)CO)ccc(C)c2cc1O. The van der Waals surface area contributed by atoms with Crippen LogP contribution in [0.3, 0.4) is 0 Å². The molecule has 0 spiro atoms. The molecule has 0 fully saturated rings. The molecule has 90 valence electrons. The van der Waals surface area contributed by atoms with E-state index in [0.717, 1.165) is 27.5 Å². The standard InChI is InChI=1S/C15H18O2/c1-9-4-5-12(11(3)8-16)14-6-10(2)15(17)7-13(9)14/h4-7,11,16-17H,8H2,1-3H3. The van der Waals surface area contributed by atoms with Crippen LogP contribution in [0.15, 0.2) is 24.3 Å². The van der Waals surface area contributed by atoms with Crippen LogP contribution in [0.4, 0.5) is 0 Å². The Bertz CT molecular complexity index is 558. The Morgan fingerprint density at radius 1 is 1.06 bits per heavy atom. The second kappa shape index (κ2) is 4.38. The average molecular weight is 230 g/mol. The number of phenolic OH excluding ortho intramolecular Hbond substituents is 1. The predicted molar refractivity (Wildman–Crippen MR) is 70.6 cm³/mol. The van der Waals surface area contributed by atoms with Gasteiger partial charge in [-0.25, -0.2) is 0 Å². The van der Waals surface area contributed by atoms with Crippen LogP contribution in [-0.4, -0.2) is 16.8 Å². The van der Waals surface area contributed by atoms with Gasteiger partial charge in [0.15, 0.2) is 0 Å². The fourth-order valence-electron chi connectivity index (χ4n) is 2.18. The molecule has 0 saturated heterocycles. The van der Waals surface area contributed by atoms with E-state index in [9.17, 15) is 10.2 Å². The molecule has 1 atom stereocenters. The first-order chi connectivity index (χ1) is 8.04. The van der Waals surface area contributed by atoms with Crippen molar-refractivity contribution in [2.45, 2.75) is 26.7 Å². The van der Waals surface area contributed by atoms with E-state index in [2.05, 4.69) is 6.07 Å². The third kappa shape index (κ3) is 2.01. The molecular formula is C15H18O2. The maximum Gasteiger partial charge on any atom is 0.119 e. The molecule has 2 aromatic carbocycles. The topological polar surface area (TPSA) is 40.5 Å². The largest absolute Gasteiger partial charge is 0.508 e. The third-order valence-electron chi connectivity index (χ3n) is 3.39. The first kappa shape index (κ1) is 11.9. The average Bonchev–Trinajstić information content (AvgIpc) is 2.31. The van der Waals surface area contributed by atoms with Crippen LogP contribution >= 0.6 is 0 Å². The molecule has 0 aliphatic carbocycles. The molecule has 0 radical (unpaired) electrons. The Labute approximate surface area is 102 Å². The third-order valence-corrected chi connectivity index (χ3v) is 3.39. The van der Waals surface area contributed by atoms with Crippen LogP contribution in [0, 0.1) is 13.8 Å². The van der Waals surface area contributed by atoms with Crippen LogP contribution in [-0.2, 0) is 0 Å². The quantitative estimate of drug-likeness (QED) is 0.831. The van der Waals surface area contributed by atoms with Crippen molar-refractivity contribution in [3.05, 3.63) is 41.0 Å². The normalized spacial score (nSPS) is 12.9. The van der Waals surface area contributed by atoms with E-state index in [4.69, 9.17) is 0 Å². The van der Waals surface area contributed by atoms with Gasteiger partial charge in [-0.2, -0.15) is 0 Å². The number of phenols is 1. The molecule has 0 bridgehead atoms. The smallest absolute Gasteiger partial charge is 0.119 e. The molecule has 0 aliphatic rings. The summed E-state index contributed by atoms with van der Waals surface area (Å²) in [5, 5.41) is 21.3. The van der Waals surface area contributed by atoms with E-state index in [-0.39, 0.29) is 12.5 Å². The highest BCUT2D eigenvalue weighted by Gasteiger charge is 2.11. The number of benzene rings is 2. The first-order valence-corrected chi connectivity index (χ1v) is 5.88. The molecule has 0 aliphatic heterocycles. The van der Waals surface area contributed by atoms with E-state index in [1.807, 2.05) is 39.0 Å². The van der Waals surface area contributed by atoms with E-state index in [1.54, 1.807) is 0 Å². The van der Waals surface area contributed by atoms with Crippen molar-refractivity contribution in [1.29, 1.82) is 0 Å². The highest BCUT2D eigenvalue weighted by Crippen LogP contribution is 2.32. The highest BCUT2D eigenvalue weighted by atomic mass is 16.3. The second-order valence-electron chi connectivity index (χ2n) is 4.74. The van der Waals surface area contributed by atoms with Gasteiger partial charge in [0.1, 0.15) is 5.75 Å². The van der Waals surface area contributed by atoms with Crippen LogP contribution in [0.25, 0.3) is 10.8 Å². The Kier molecular flexibility index (Phi) is 3.07. The summed E-state index contributed by atoms with van der Waals surface area (Å²) >= 11 is 0. The first-order valence-electron chi connectivity index (χ1n) is 5.88. The van der Waals surface area contributed by atoms with Gasteiger partial charge in [-0.1, -0.05) is 19.1 Å². The van der Waals surface area contributed by atoms with Crippen molar-refractivity contribution < 1.29 is 10.2 Å². The number of aliphatic hydroxyl groups excluding tert-OH is 1. The number of hydrogen-bond acceptors (Lipinski definition) is 2. The van der Waals surface area contributed by atoms with Gasteiger partial charge in [-0.05, 0) is 53.4 Å². The van der Waals surface area contributed by atoms with Gasteiger partial charge in [0, 0.05) is 12.5 Å². The van der Waals surface area contributed by atoms with Gasteiger partial charge >= 0.3 is 0 Å². The van der Waals surface area contributed by atoms with Crippen molar-refractivity contribution in [3.63, 3.8) is 0 Å². The van der Waals surface area contributed by atoms with Crippen molar-refractivity contribution in [3.8, 4) is 5.75 Å². The monoisotopic (exact) mass is 230 g/mol. The summed E-state index contributed by atoms with van der Waals surface area (Å²) in [6, 6.07) is 7.92. The lowest BCUT2D eigenvalue weighted by Crippen LogP contribution is -2.00. The summed E-state index contributed by atoms with van der Waals surface area (Å²) in [5.74, 6) is 0.441. The minimum absolute atomic E-state index is 0.113. The van der Waals surface area contributed by atoms with Crippen LogP contribution < -0.4 is 0 Å². The van der Waals surface area contributed by atoms with Crippen molar-refractivity contribution in [2.75, 3.05) is 6.61 Å². The molecule has 2 rings (SSSR count). The zero-order valence-corrected chi connectivity index (χ0v) is 10.5. The number of aliphatic hydroxyl groups is 1. The maximum atomic E-state index is 9.78. The zero-order valence-electron chi connectivity index (χ0n) is 10.5. The lowest BCUT2D eigenvalue weighted by molar-refractivity contribution is 0.273. The molecule has 0 aromatic heterocycles. The minimum atomic E-state index is 0.113. The molecule has 0 saturated carbocycles. The Morgan fingerprint density at radius 3 is 2.41 bits per heavy atom. The second-order valence-corrected chi connectivity index (χ2v) is 4.74. The molecule has 2 nitrogen and oxygen atoms in total. The summed E-state index contributed by atoms with van der Waals surface area (Å²) in [6.07, 6.45) is 0. The van der Waals surface area contributed by atoms with Gasteiger partial charge in [0.2, 0.25) is 0 Å². The number of rotatable bonds is 2. The summed E-state index contributed by atoms with van der Waals surface area (Å²) < 4.78 is 0. The number of aromatic hydroxyl groups is 1. The molecule has 2 N–H and O–H groups in total. The Balaban J connectivity index is 2.80. The van der Waals surface area contributed by atoms with E-state index in [1.165, 1.54) is 0 Å². The minimum Gasteiger partial charge on any atom is -0.508 e. The maximum absolute atomic E-state index is 9.78. The van der Waals surface area contributed by atoms with Crippen molar-refractivity contribution >= 4 is 10.8 Å². The highest BCUT2D eigenvalue weighted by molar-refractivity contribution is 5.91. The summed E-state index contributed by atoms with van der Waals surface area (Å²) in [5.41, 5.74) is 3.15. The van der Waals surface area contributed by atoms with Crippen molar-refractivity contribution in [1.82, 2.24) is 0 Å². The lowest BCUT2D eigenvalue weighted by Gasteiger charge is -2.15. The van der Waals surface area contributed by atoms with Gasteiger partial charge < -0.3 is 10.2 Å². The van der Waals surface area contributed by atoms with Crippen LogP contribution in [0.2, 0.25) is 0 Å². The van der Waals surface area contributed by atoms with E-state index >= 15 is 0 Å². The lowest BCUT2D eigenvalue weighted by atomic mass is 9.92. The molecule has 2 aromatic rings. The fourth-order valence-corrected chi connectivity index (χ4v) is 2.18. The molecule has 17 heavy (non-hydrogen) atoms. The molecule has 1 unspecified atom stereocenters. The summed E-state index contributed by atoms with van der Waals surface area (Å²) in [7, 11) is 0. The van der Waals surface area contributed by atoms with Crippen molar-refractivity contribution in [2.24, 2.45) is 0 Å². The fraction of sp³-hybridized carbons (Fsp3) is 0.333.